The van der Waals surface area contributed by atoms with Crippen LogP contribution in [0.3, 0.4) is 0 Å². The SMILES string of the molecule is CN1CCC[C@@H](NNS(=O)(=O)c2cnn(C)c2)C1. The second kappa shape index (κ2) is 5.35. The van der Waals surface area contributed by atoms with E-state index in [1.807, 2.05) is 7.05 Å². The molecule has 1 atom stereocenters. The van der Waals surface area contributed by atoms with Crippen molar-refractivity contribution in [3.63, 3.8) is 0 Å². The number of sulfonamides is 1. The Morgan fingerprint density at radius 3 is 2.83 bits per heavy atom. The van der Waals surface area contributed by atoms with Gasteiger partial charge in [0.2, 0.25) is 0 Å². The van der Waals surface area contributed by atoms with E-state index in [-0.39, 0.29) is 10.9 Å². The summed E-state index contributed by atoms with van der Waals surface area (Å²) in [5, 5.41) is 3.85. The Balaban J connectivity index is 1.93. The molecule has 1 aromatic rings. The molecule has 1 fully saturated rings. The van der Waals surface area contributed by atoms with Crippen molar-refractivity contribution in [1.29, 1.82) is 0 Å². The molecule has 0 aliphatic carbocycles. The van der Waals surface area contributed by atoms with Crippen LogP contribution in [0.15, 0.2) is 17.3 Å². The maximum atomic E-state index is 11.9. The molecule has 0 spiro atoms. The quantitative estimate of drug-likeness (QED) is 0.709. The highest BCUT2D eigenvalue weighted by molar-refractivity contribution is 7.89. The molecule has 2 heterocycles. The molecular weight excluding hydrogens is 254 g/mol. The Morgan fingerprint density at radius 2 is 2.22 bits per heavy atom. The van der Waals surface area contributed by atoms with Crippen molar-refractivity contribution in [2.75, 3.05) is 20.1 Å². The third-order valence-electron chi connectivity index (χ3n) is 3.01. The number of aryl methyl sites for hydroxylation is 1. The van der Waals surface area contributed by atoms with E-state index in [1.165, 1.54) is 17.1 Å². The van der Waals surface area contributed by atoms with Crippen molar-refractivity contribution in [1.82, 2.24) is 24.9 Å². The van der Waals surface area contributed by atoms with Crippen molar-refractivity contribution >= 4 is 10.0 Å². The van der Waals surface area contributed by atoms with Crippen LogP contribution in [-0.2, 0) is 17.1 Å². The van der Waals surface area contributed by atoms with Crippen LogP contribution in [0, 0.1) is 0 Å². The van der Waals surface area contributed by atoms with E-state index in [0.717, 1.165) is 25.9 Å². The fourth-order valence-electron chi connectivity index (χ4n) is 2.04. The monoisotopic (exact) mass is 273 g/mol. The van der Waals surface area contributed by atoms with Gasteiger partial charge in [-0.25, -0.2) is 13.8 Å². The highest BCUT2D eigenvalue weighted by Crippen LogP contribution is 2.09. The number of hydrogen-bond donors (Lipinski definition) is 2. The lowest BCUT2D eigenvalue weighted by Gasteiger charge is -2.30. The molecule has 8 heteroatoms. The lowest BCUT2D eigenvalue weighted by Crippen LogP contribution is -2.51. The van der Waals surface area contributed by atoms with Gasteiger partial charge < -0.3 is 4.90 Å². The number of nitrogens with one attached hydrogen (secondary N) is 2. The summed E-state index contributed by atoms with van der Waals surface area (Å²) in [7, 11) is 0.195. The van der Waals surface area contributed by atoms with Gasteiger partial charge in [0.25, 0.3) is 10.0 Å². The first-order valence-electron chi connectivity index (χ1n) is 5.92. The number of nitrogens with zero attached hydrogens (tertiary/aromatic N) is 3. The number of likely N-dealkylation sites (tertiary alicyclic amines) is 1. The number of rotatable bonds is 4. The molecule has 0 bridgehead atoms. The lowest BCUT2D eigenvalue weighted by atomic mass is 10.1. The molecule has 0 radical (unpaired) electrons. The first kappa shape index (κ1) is 13.5. The number of hydrogen-bond acceptors (Lipinski definition) is 5. The molecule has 1 aromatic heterocycles. The maximum Gasteiger partial charge on any atom is 0.256 e. The molecular formula is C10H19N5O2S. The molecule has 18 heavy (non-hydrogen) atoms. The average Bonchev–Trinajstić information content (AvgIpc) is 2.74. The summed E-state index contributed by atoms with van der Waals surface area (Å²) in [5.41, 5.74) is 2.88. The van der Waals surface area contributed by atoms with Crippen LogP contribution in [0.4, 0.5) is 0 Å². The molecule has 1 aliphatic heterocycles. The normalized spacial score (nSPS) is 22.2. The van der Waals surface area contributed by atoms with E-state index < -0.39 is 10.0 Å². The first-order chi connectivity index (χ1) is 8.47. The molecule has 102 valence electrons. The van der Waals surface area contributed by atoms with Crippen LogP contribution in [0.5, 0.6) is 0 Å². The number of aromatic nitrogens is 2. The summed E-state index contributed by atoms with van der Waals surface area (Å²) >= 11 is 0. The van der Waals surface area contributed by atoms with Gasteiger partial charge in [-0.2, -0.15) is 5.10 Å². The third-order valence-corrected chi connectivity index (χ3v) is 4.23. The molecule has 0 unspecified atom stereocenters. The largest absolute Gasteiger partial charge is 0.305 e. The van der Waals surface area contributed by atoms with Crippen molar-refractivity contribution in [3.05, 3.63) is 12.4 Å². The Hall–Kier alpha value is -0.960. The van der Waals surface area contributed by atoms with E-state index in [2.05, 4.69) is 20.3 Å². The minimum Gasteiger partial charge on any atom is -0.305 e. The van der Waals surface area contributed by atoms with Gasteiger partial charge in [0.1, 0.15) is 4.90 Å². The van der Waals surface area contributed by atoms with Crippen LogP contribution >= 0.6 is 0 Å². The summed E-state index contributed by atoms with van der Waals surface area (Å²) in [6.45, 7) is 1.91. The van der Waals surface area contributed by atoms with Crippen molar-refractivity contribution in [2.24, 2.45) is 7.05 Å². The summed E-state index contributed by atoms with van der Waals surface area (Å²) < 4.78 is 25.3. The van der Waals surface area contributed by atoms with Crippen LogP contribution in [-0.4, -0.2) is 49.3 Å². The summed E-state index contributed by atoms with van der Waals surface area (Å²) in [6.07, 6.45) is 4.84. The Bertz CT molecular complexity index is 498. The second-order valence-corrected chi connectivity index (χ2v) is 6.38. The molecule has 2 N–H and O–H groups in total. The van der Waals surface area contributed by atoms with Gasteiger partial charge in [0.15, 0.2) is 0 Å². The van der Waals surface area contributed by atoms with Crippen molar-refractivity contribution < 1.29 is 8.42 Å². The fraction of sp³-hybridized carbons (Fsp3) is 0.700. The molecule has 1 aliphatic rings. The average molecular weight is 273 g/mol. The Morgan fingerprint density at radius 1 is 1.44 bits per heavy atom. The highest BCUT2D eigenvalue weighted by Gasteiger charge is 2.20. The summed E-state index contributed by atoms with van der Waals surface area (Å²) in [5.74, 6) is 0. The third kappa shape index (κ3) is 3.29. The van der Waals surface area contributed by atoms with Gasteiger partial charge in [-0.3, -0.25) is 4.68 Å². The molecule has 0 aromatic carbocycles. The van der Waals surface area contributed by atoms with E-state index in [9.17, 15) is 8.42 Å². The number of likely N-dealkylation sites (N-methyl/N-ethyl adjacent to an activating group) is 1. The minimum absolute atomic E-state index is 0.148. The van der Waals surface area contributed by atoms with Crippen molar-refractivity contribution in [3.8, 4) is 0 Å². The number of piperidine rings is 1. The molecule has 2 rings (SSSR count). The molecule has 0 amide bonds. The van der Waals surface area contributed by atoms with Gasteiger partial charge in [0.05, 0.1) is 6.20 Å². The van der Waals surface area contributed by atoms with Crippen LogP contribution in [0.1, 0.15) is 12.8 Å². The topological polar surface area (TPSA) is 79.3 Å². The maximum absolute atomic E-state index is 11.9. The Kier molecular flexibility index (Phi) is 4.00. The van der Waals surface area contributed by atoms with Crippen molar-refractivity contribution in [2.45, 2.75) is 23.8 Å². The van der Waals surface area contributed by atoms with E-state index in [4.69, 9.17) is 0 Å². The zero-order valence-corrected chi connectivity index (χ0v) is 11.4. The fourth-order valence-corrected chi connectivity index (χ4v) is 2.96. The number of hydrazine groups is 1. The first-order valence-corrected chi connectivity index (χ1v) is 7.40. The van der Waals surface area contributed by atoms with E-state index >= 15 is 0 Å². The Labute approximate surface area is 107 Å². The van der Waals surface area contributed by atoms with Gasteiger partial charge in [0, 0.05) is 25.8 Å². The van der Waals surface area contributed by atoms with Crippen LogP contribution in [0.25, 0.3) is 0 Å². The standard InChI is InChI=1S/C10H19N5O2S/c1-14-5-3-4-9(7-14)12-13-18(16,17)10-6-11-15(2)8-10/h6,8-9,12-13H,3-5,7H2,1-2H3/t9-/m1/s1. The van der Waals surface area contributed by atoms with Crippen LogP contribution < -0.4 is 10.3 Å². The molecule has 1 saturated heterocycles. The minimum atomic E-state index is -3.52. The molecule has 0 saturated carbocycles. The summed E-state index contributed by atoms with van der Waals surface area (Å²) in [6, 6.07) is 0.148. The second-order valence-electron chi connectivity index (χ2n) is 4.70. The predicted molar refractivity (Wildman–Crippen MR) is 67.2 cm³/mol. The van der Waals surface area contributed by atoms with E-state index in [0.29, 0.717) is 0 Å². The van der Waals surface area contributed by atoms with Gasteiger partial charge in [-0.15, -0.1) is 4.83 Å². The zero-order valence-electron chi connectivity index (χ0n) is 10.6. The smallest absolute Gasteiger partial charge is 0.256 e. The molecule has 7 nitrogen and oxygen atoms in total. The zero-order chi connectivity index (χ0) is 13.2. The lowest BCUT2D eigenvalue weighted by molar-refractivity contribution is 0.223. The van der Waals surface area contributed by atoms with Gasteiger partial charge in [-0.1, -0.05) is 0 Å². The predicted octanol–water partition coefficient (Wildman–Crippen LogP) is -0.703. The van der Waals surface area contributed by atoms with E-state index in [1.54, 1.807) is 7.05 Å². The highest BCUT2D eigenvalue weighted by atomic mass is 32.2. The van der Waals surface area contributed by atoms with Gasteiger partial charge >= 0.3 is 0 Å². The van der Waals surface area contributed by atoms with Gasteiger partial charge in [-0.05, 0) is 26.4 Å². The summed E-state index contributed by atoms with van der Waals surface area (Å²) in [4.78, 5) is 4.77. The van der Waals surface area contributed by atoms with Crippen LogP contribution in [0.2, 0.25) is 0 Å².